The summed E-state index contributed by atoms with van der Waals surface area (Å²) in [5.74, 6) is 2.11. The van der Waals surface area contributed by atoms with Gasteiger partial charge in [-0.2, -0.15) is 0 Å². The molecule has 0 aliphatic rings. The van der Waals surface area contributed by atoms with Crippen LogP contribution in [0.15, 0.2) is 0 Å². The highest BCUT2D eigenvalue weighted by molar-refractivity contribution is 6.21. The van der Waals surface area contributed by atoms with Crippen molar-refractivity contribution >= 4 is 23.2 Å². The first-order valence-corrected chi connectivity index (χ1v) is 10.3. The van der Waals surface area contributed by atoms with Crippen molar-refractivity contribution in [2.75, 3.05) is 11.8 Å². The third kappa shape index (κ3) is 11.8. The number of hydrogen-bond donors (Lipinski definition) is 0. The van der Waals surface area contributed by atoms with Gasteiger partial charge in [-0.15, -0.1) is 23.2 Å². The Labute approximate surface area is 144 Å². The molecule has 0 N–H and O–H groups in total. The van der Waals surface area contributed by atoms with Crippen LogP contribution in [0, 0.1) is 11.3 Å². The minimum Gasteiger partial charge on any atom is -0.126 e. The maximum atomic E-state index is 6.21. The Morgan fingerprint density at radius 2 is 1.14 bits per heavy atom. The van der Waals surface area contributed by atoms with E-state index in [0.717, 1.165) is 6.42 Å². The lowest BCUT2D eigenvalue weighted by molar-refractivity contribution is 0.265. The second-order valence-corrected chi connectivity index (χ2v) is 7.83. The summed E-state index contributed by atoms with van der Waals surface area (Å²) in [6.07, 6.45) is 16.3. The summed E-state index contributed by atoms with van der Waals surface area (Å²) < 4.78 is 0. The molecule has 0 aromatic carbocycles. The van der Waals surface area contributed by atoms with E-state index in [1.807, 2.05) is 0 Å². The average molecular weight is 337 g/mol. The van der Waals surface area contributed by atoms with Gasteiger partial charge in [-0.3, -0.25) is 0 Å². The van der Waals surface area contributed by atoms with E-state index in [1.165, 1.54) is 70.6 Å². The van der Waals surface area contributed by atoms with E-state index in [-0.39, 0.29) is 5.41 Å². The van der Waals surface area contributed by atoms with E-state index in [2.05, 4.69) is 20.8 Å². The largest absolute Gasteiger partial charge is 0.126 e. The van der Waals surface area contributed by atoms with Gasteiger partial charge in [0.25, 0.3) is 0 Å². The summed E-state index contributed by atoms with van der Waals surface area (Å²) in [7, 11) is 0. The predicted molar refractivity (Wildman–Crippen MR) is 99.8 cm³/mol. The molecule has 0 radical (unpaired) electrons. The molecule has 0 bridgehead atoms. The fraction of sp³-hybridized carbons (Fsp3) is 1.00. The van der Waals surface area contributed by atoms with E-state index in [0.29, 0.717) is 17.7 Å². The van der Waals surface area contributed by atoms with Crippen molar-refractivity contribution in [2.24, 2.45) is 11.3 Å². The van der Waals surface area contributed by atoms with Gasteiger partial charge in [0.1, 0.15) is 0 Å². The lowest BCUT2D eigenvalue weighted by Gasteiger charge is -2.31. The first-order valence-electron chi connectivity index (χ1n) is 9.22. The predicted octanol–water partition coefficient (Wildman–Crippen LogP) is 7.81. The minimum atomic E-state index is 0.178. The molecule has 0 nitrogen and oxygen atoms in total. The Morgan fingerprint density at radius 1 is 0.714 bits per heavy atom. The maximum Gasteiger partial charge on any atom is 0.0291 e. The topological polar surface area (TPSA) is 0 Å². The van der Waals surface area contributed by atoms with Crippen LogP contribution in [0.4, 0.5) is 0 Å². The molecule has 0 heterocycles. The van der Waals surface area contributed by atoms with Crippen molar-refractivity contribution in [2.45, 2.75) is 97.8 Å². The Kier molecular flexibility index (Phi) is 14.6. The molecular weight excluding hydrogens is 299 g/mol. The highest BCUT2D eigenvalue weighted by Gasteiger charge is 2.28. The first kappa shape index (κ1) is 21.6. The summed E-state index contributed by atoms with van der Waals surface area (Å²) in [6.45, 7) is 6.82. The van der Waals surface area contributed by atoms with Crippen molar-refractivity contribution in [1.82, 2.24) is 0 Å². The Bertz CT molecular complexity index is 210. The first-order chi connectivity index (χ1) is 10.1. The van der Waals surface area contributed by atoms with Gasteiger partial charge in [-0.25, -0.2) is 0 Å². The minimum absolute atomic E-state index is 0.178. The molecule has 0 rings (SSSR count). The molecule has 0 aliphatic carbocycles. The van der Waals surface area contributed by atoms with Crippen LogP contribution in [0.25, 0.3) is 0 Å². The van der Waals surface area contributed by atoms with Crippen molar-refractivity contribution in [3.8, 4) is 0 Å². The van der Waals surface area contributed by atoms with E-state index < -0.39 is 0 Å². The molecule has 0 aromatic heterocycles. The smallest absolute Gasteiger partial charge is 0.0291 e. The Hall–Kier alpha value is 0.580. The SMILES string of the molecule is CCCCCCCCCCCCC(CCl)(CCl)CC(C)C. The molecule has 0 aliphatic heterocycles. The molecule has 0 atom stereocenters. The van der Waals surface area contributed by atoms with Crippen LogP contribution in [0.3, 0.4) is 0 Å². The summed E-state index contributed by atoms with van der Waals surface area (Å²) in [6, 6.07) is 0. The highest BCUT2D eigenvalue weighted by atomic mass is 35.5. The van der Waals surface area contributed by atoms with Crippen molar-refractivity contribution in [1.29, 1.82) is 0 Å². The average Bonchev–Trinajstić information content (AvgIpc) is 2.47. The van der Waals surface area contributed by atoms with Crippen molar-refractivity contribution < 1.29 is 0 Å². The van der Waals surface area contributed by atoms with Crippen LogP contribution in [0.1, 0.15) is 97.8 Å². The monoisotopic (exact) mass is 336 g/mol. The Morgan fingerprint density at radius 3 is 1.52 bits per heavy atom. The molecule has 0 aromatic rings. The lowest BCUT2D eigenvalue weighted by atomic mass is 9.79. The van der Waals surface area contributed by atoms with Gasteiger partial charge in [0.2, 0.25) is 0 Å². The second-order valence-electron chi connectivity index (χ2n) is 7.30. The van der Waals surface area contributed by atoms with Gasteiger partial charge in [0.15, 0.2) is 0 Å². The summed E-state index contributed by atoms with van der Waals surface area (Å²) in [5.41, 5.74) is 0.178. The van der Waals surface area contributed by atoms with E-state index in [9.17, 15) is 0 Å². The summed E-state index contributed by atoms with van der Waals surface area (Å²) >= 11 is 12.4. The second kappa shape index (κ2) is 14.2. The van der Waals surface area contributed by atoms with Gasteiger partial charge in [0.05, 0.1) is 0 Å². The Balaban J connectivity index is 3.58. The zero-order chi connectivity index (χ0) is 16.0. The molecular formula is C19H38Cl2. The maximum absolute atomic E-state index is 6.21. The standard InChI is InChI=1S/C19H38Cl2/c1-4-5-6-7-8-9-10-11-12-13-14-19(16-20,17-21)15-18(2)3/h18H,4-17H2,1-3H3. The third-order valence-electron chi connectivity index (χ3n) is 4.47. The van der Waals surface area contributed by atoms with E-state index in [4.69, 9.17) is 23.2 Å². The fourth-order valence-electron chi connectivity index (χ4n) is 3.23. The number of rotatable bonds is 15. The molecule has 0 unspecified atom stereocenters. The van der Waals surface area contributed by atoms with Crippen LogP contribution in [0.5, 0.6) is 0 Å². The quantitative estimate of drug-likeness (QED) is 0.211. The van der Waals surface area contributed by atoms with Crippen LogP contribution < -0.4 is 0 Å². The number of halogens is 2. The highest BCUT2D eigenvalue weighted by Crippen LogP contribution is 2.35. The fourth-order valence-corrected chi connectivity index (χ4v) is 4.01. The third-order valence-corrected chi connectivity index (χ3v) is 5.60. The van der Waals surface area contributed by atoms with E-state index >= 15 is 0 Å². The van der Waals surface area contributed by atoms with Crippen molar-refractivity contribution in [3.63, 3.8) is 0 Å². The van der Waals surface area contributed by atoms with Gasteiger partial charge < -0.3 is 0 Å². The van der Waals surface area contributed by atoms with Crippen LogP contribution in [-0.2, 0) is 0 Å². The molecule has 0 fully saturated rings. The molecule has 2 heteroatoms. The molecule has 0 spiro atoms. The zero-order valence-corrected chi connectivity index (χ0v) is 16.2. The normalized spacial score (nSPS) is 12.3. The van der Waals surface area contributed by atoms with Gasteiger partial charge in [0, 0.05) is 11.8 Å². The molecule has 0 amide bonds. The van der Waals surface area contributed by atoms with Gasteiger partial charge in [-0.1, -0.05) is 85.0 Å². The molecule has 128 valence electrons. The molecule has 0 saturated carbocycles. The van der Waals surface area contributed by atoms with Crippen LogP contribution in [0.2, 0.25) is 0 Å². The van der Waals surface area contributed by atoms with Crippen molar-refractivity contribution in [3.05, 3.63) is 0 Å². The number of hydrogen-bond acceptors (Lipinski definition) is 0. The van der Waals surface area contributed by atoms with Gasteiger partial charge in [-0.05, 0) is 24.2 Å². The van der Waals surface area contributed by atoms with Gasteiger partial charge >= 0.3 is 0 Å². The zero-order valence-electron chi connectivity index (χ0n) is 14.7. The number of alkyl halides is 2. The molecule has 21 heavy (non-hydrogen) atoms. The lowest BCUT2D eigenvalue weighted by Crippen LogP contribution is -2.27. The summed E-state index contributed by atoms with van der Waals surface area (Å²) in [5, 5.41) is 0. The molecule has 0 saturated heterocycles. The number of unbranched alkanes of at least 4 members (excludes halogenated alkanes) is 9. The van der Waals surface area contributed by atoms with Crippen LogP contribution >= 0.6 is 23.2 Å². The van der Waals surface area contributed by atoms with Crippen LogP contribution in [-0.4, -0.2) is 11.8 Å². The summed E-state index contributed by atoms with van der Waals surface area (Å²) in [4.78, 5) is 0. The van der Waals surface area contributed by atoms with E-state index in [1.54, 1.807) is 0 Å².